The predicted octanol–water partition coefficient (Wildman–Crippen LogP) is 2.83. The van der Waals surface area contributed by atoms with Crippen molar-refractivity contribution >= 4 is 0 Å². The molecule has 0 aliphatic heterocycles. The summed E-state index contributed by atoms with van der Waals surface area (Å²) < 4.78 is 21.9. The Bertz CT molecular complexity index is 946. The predicted molar refractivity (Wildman–Crippen MR) is 92.7 cm³/mol. The molecule has 25 heavy (non-hydrogen) atoms. The molecule has 0 bridgehead atoms. The fourth-order valence-corrected chi connectivity index (χ4v) is 2.82. The first-order valence-corrected chi connectivity index (χ1v) is 7.87. The van der Waals surface area contributed by atoms with E-state index in [1.165, 1.54) is 15.2 Å². The van der Waals surface area contributed by atoms with E-state index in [2.05, 4.69) is 0 Å². The van der Waals surface area contributed by atoms with Crippen LogP contribution in [0.5, 0.6) is 5.75 Å². The number of nitrogens with zero attached hydrogens (tertiary/aromatic N) is 2. The van der Waals surface area contributed by atoms with E-state index >= 15 is 0 Å². The molecule has 1 aromatic heterocycles. The molecule has 1 N–H and O–H groups in total. The summed E-state index contributed by atoms with van der Waals surface area (Å²) in [7, 11) is 1.55. The lowest BCUT2D eigenvalue weighted by Gasteiger charge is -2.12. The first-order chi connectivity index (χ1) is 12.0. The minimum Gasteiger partial charge on any atom is -0.497 e. The molecule has 0 saturated heterocycles. The molecule has 2 aromatic carbocycles. The Morgan fingerprint density at radius 3 is 2.68 bits per heavy atom. The summed E-state index contributed by atoms with van der Waals surface area (Å²) >= 11 is 0. The van der Waals surface area contributed by atoms with Crippen molar-refractivity contribution < 1.29 is 14.2 Å². The fourth-order valence-electron chi connectivity index (χ4n) is 2.82. The van der Waals surface area contributed by atoms with E-state index in [4.69, 9.17) is 4.74 Å². The number of aryl methyl sites for hydroxylation is 1. The van der Waals surface area contributed by atoms with Crippen LogP contribution < -0.4 is 10.4 Å². The Morgan fingerprint density at radius 2 is 1.96 bits per heavy atom. The molecule has 1 atom stereocenters. The highest BCUT2D eigenvalue weighted by atomic mass is 19.1. The summed E-state index contributed by atoms with van der Waals surface area (Å²) in [6, 6.07) is 13.1. The van der Waals surface area contributed by atoms with E-state index in [1.54, 1.807) is 62.7 Å². The zero-order chi connectivity index (χ0) is 18.0. The molecule has 0 radical (unpaired) electrons. The van der Waals surface area contributed by atoms with Crippen LogP contribution in [0.1, 0.15) is 17.4 Å². The molecule has 0 aliphatic carbocycles. The van der Waals surface area contributed by atoms with Gasteiger partial charge in [-0.1, -0.05) is 24.3 Å². The number of methoxy groups -OCH3 is 1. The molecule has 0 spiro atoms. The number of hydrogen-bond donors (Lipinski definition) is 1. The first-order valence-electron chi connectivity index (χ1n) is 7.87. The van der Waals surface area contributed by atoms with Crippen LogP contribution in [-0.2, 0) is 6.54 Å². The van der Waals surface area contributed by atoms with Gasteiger partial charge in [0.25, 0.3) is 0 Å². The largest absolute Gasteiger partial charge is 0.497 e. The maximum absolute atomic E-state index is 14.0. The highest BCUT2D eigenvalue weighted by Crippen LogP contribution is 2.21. The molecule has 6 heteroatoms. The van der Waals surface area contributed by atoms with Crippen LogP contribution in [0.25, 0.3) is 5.69 Å². The Balaban J connectivity index is 1.93. The second-order valence-electron chi connectivity index (χ2n) is 5.78. The van der Waals surface area contributed by atoms with E-state index in [0.717, 1.165) is 0 Å². The van der Waals surface area contributed by atoms with Crippen molar-refractivity contribution in [1.29, 1.82) is 0 Å². The van der Waals surface area contributed by atoms with Crippen molar-refractivity contribution in [3.05, 3.63) is 82.3 Å². The topological polar surface area (TPSA) is 56.4 Å². The molecular formula is C19H19FN2O3. The Kier molecular flexibility index (Phi) is 4.72. The molecule has 3 rings (SSSR count). The third kappa shape index (κ3) is 3.34. The number of aromatic nitrogens is 2. The molecule has 1 unspecified atom stereocenters. The van der Waals surface area contributed by atoms with Crippen molar-refractivity contribution in [2.45, 2.75) is 19.6 Å². The first kappa shape index (κ1) is 17.0. The zero-order valence-corrected chi connectivity index (χ0v) is 14.0. The lowest BCUT2D eigenvalue weighted by molar-refractivity contribution is 0.154. The number of aliphatic hydroxyl groups excluding tert-OH is 1. The number of rotatable bonds is 5. The average molecular weight is 342 g/mol. The lowest BCUT2D eigenvalue weighted by atomic mass is 10.1. The number of ether oxygens (including phenoxy) is 1. The highest BCUT2D eigenvalue weighted by molar-refractivity contribution is 5.35. The van der Waals surface area contributed by atoms with Gasteiger partial charge in [0.15, 0.2) is 0 Å². The molecule has 5 nitrogen and oxygen atoms in total. The maximum Gasteiger partial charge on any atom is 0.333 e. The van der Waals surface area contributed by atoms with Crippen LogP contribution in [0, 0.1) is 12.7 Å². The number of hydrogen-bond acceptors (Lipinski definition) is 3. The van der Waals surface area contributed by atoms with Gasteiger partial charge >= 0.3 is 5.69 Å². The van der Waals surface area contributed by atoms with Gasteiger partial charge in [-0.2, -0.15) is 0 Å². The molecule has 3 aromatic rings. The van der Waals surface area contributed by atoms with E-state index in [1.807, 2.05) is 0 Å². The zero-order valence-electron chi connectivity index (χ0n) is 14.0. The maximum atomic E-state index is 14.0. The van der Waals surface area contributed by atoms with Crippen LogP contribution >= 0.6 is 0 Å². The molecule has 1 heterocycles. The van der Waals surface area contributed by atoms with Crippen molar-refractivity contribution in [2.24, 2.45) is 0 Å². The second-order valence-corrected chi connectivity index (χ2v) is 5.78. The Hall–Kier alpha value is -2.86. The van der Waals surface area contributed by atoms with Crippen LogP contribution in [0.2, 0.25) is 0 Å². The van der Waals surface area contributed by atoms with Crippen molar-refractivity contribution in [1.82, 2.24) is 9.13 Å². The quantitative estimate of drug-likeness (QED) is 0.776. The van der Waals surface area contributed by atoms with Gasteiger partial charge in [-0.05, 0) is 36.8 Å². The minimum absolute atomic E-state index is 0.0638. The number of halogens is 1. The van der Waals surface area contributed by atoms with Gasteiger partial charge in [-0.15, -0.1) is 0 Å². The van der Waals surface area contributed by atoms with Crippen LogP contribution in [0.15, 0.2) is 59.5 Å². The summed E-state index contributed by atoms with van der Waals surface area (Å²) in [4.78, 5) is 12.7. The van der Waals surface area contributed by atoms with Gasteiger partial charge in [0.2, 0.25) is 0 Å². The van der Waals surface area contributed by atoms with Gasteiger partial charge in [-0.3, -0.25) is 9.13 Å². The van der Waals surface area contributed by atoms with Crippen molar-refractivity contribution in [3.8, 4) is 11.4 Å². The van der Waals surface area contributed by atoms with E-state index < -0.39 is 17.6 Å². The van der Waals surface area contributed by atoms with Gasteiger partial charge in [0, 0.05) is 11.9 Å². The lowest BCUT2D eigenvalue weighted by Crippen LogP contribution is -2.26. The molecule has 0 amide bonds. The monoisotopic (exact) mass is 342 g/mol. The summed E-state index contributed by atoms with van der Waals surface area (Å²) in [6.07, 6.45) is 0.724. The Morgan fingerprint density at radius 1 is 1.20 bits per heavy atom. The third-order valence-electron chi connectivity index (χ3n) is 4.07. The minimum atomic E-state index is -0.885. The van der Waals surface area contributed by atoms with Crippen molar-refractivity contribution in [2.75, 3.05) is 7.11 Å². The number of para-hydroxylation sites is 1. The highest BCUT2D eigenvalue weighted by Gasteiger charge is 2.16. The van der Waals surface area contributed by atoms with E-state index in [0.29, 0.717) is 17.0 Å². The number of benzene rings is 2. The second kappa shape index (κ2) is 6.94. The smallest absolute Gasteiger partial charge is 0.333 e. The SMILES string of the molecule is COc1cccc(C(O)Cn2cc(C)n(-c3ccccc3F)c2=O)c1. The summed E-state index contributed by atoms with van der Waals surface area (Å²) in [5.74, 6) is 0.155. The van der Waals surface area contributed by atoms with Crippen molar-refractivity contribution in [3.63, 3.8) is 0 Å². The van der Waals surface area contributed by atoms with Crippen LogP contribution in [0.3, 0.4) is 0 Å². The van der Waals surface area contributed by atoms with Gasteiger partial charge in [-0.25, -0.2) is 9.18 Å². The van der Waals surface area contributed by atoms with Crippen LogP contribution in [-0.4, -0.2) is 21.4 Å². The molecule has 0 saturated carbocycles. The normalized spacial score (nSPS) is 12.2. The van der Waals surface area contributed by atoms with E-state index in [-0.39, 0.29) is 12.2 Å². The average Bonchev–Trinajstić information content (AvgIpc) is 2.89. The summed E-state index contributed by atoms with van der Waals surface area (Å²) in [5, 5.41) is 10.4. The Labute approximate surface area is 144 Å². The van der Waals surface area contributed by atoms with E-state index in [9.17, 15) is 14.3 Å². The molecule has 0 fully saturated rings. The molecule has 0 aliphatic rings. The third-order valence-corrected chi connectivity index (χ3v) is 4.07. The number of imidazole rings is 1. The standard InChI is InChI=1S/C19H19FN2O3/c1-13-11-21(12-18(23)14-6-5-7-15(10-14)25-2)19(24)22(13)17-9-4-3-8-16(17)20/h3-11,18,23H,12H2,1-2H3. The molecular weight excluding hydrogens is 323 g/mol. The number of aliphatic hydroxyl groups is 1. The fraction of sp³-hybridized carbons (Fsp3) is 0.211. The van der Waals surface area contributed by atoms with Gasteiger partial charge in [0.1, 0.15) is 11.6 Å². The van der Waals surface area contributed by atoms with Gasteiger partial charge < -0.3 is 9.84 Å². The molecule has 130 valence electrons. The van der Waals surface area contributed by atoms with Gasteiger partial charge in [0.05, 0.1) is 25.4 Å². The summed E-state index contributed by atoms with van der Waals surface area (Å²) in [5.41, 5.74) is 1.03. The van der Waals surface area contributed by atoms with Crippen LogP contribution in [0.4, 0.5) is 4.39 Å². The summed E-state index contributed by atoms with van der Waals surface area (Å²) in [6.45, 7) is 1.79.